The third-order valence-electron chi connectivity index (χ3n) is 9.98. The van der Waals surface area contributed by atoms with Crippen LogP contribution in [0.1, 0.15) is 0 Å². The zero-order valence-electron chi connectivity index (χ0n) is 28.3. The van der Waals surface area contributed by atoms with Crippen molar-refractivity contribution in [1.82, 2.24) is 29.1 Å². The minimum Gasteiger partial charge on any atom is -0.292 e. The first kappa shape index (κ1) is 29.7. The molecule has 0 saturated heterocycles. The molecule has 0 aliphatic carbocycles. The summed E-state index contributed by atoms with van der Waals surface area (Å²) in [5.41, 5.74) is 7.94. The van der Waals surface area contributed by atoms with Gasteiger partial charge in [-0.1, -0.05) is 140 Å². The Labute approximate surface area is 307 Å². The summed E-state index contributed by atoms with van der Waals surface area (Å²) >= 11 is 1.81. The number of thiophene rings is 1. The molecule has 6 nitrogen and oxygen atoms in total. The van der Waals surface area contributed by atoms with Gasteiger partial charge in [0.2, 0.25) is 5.95 Å². The molecular formula is C46H28N6S. The number of fused-ring (bicyclic) bond motifs is 8. The van der Waals surface area contributed by atoms with Crippen molar-refractivity contribution in [2.24, 2.45) is 0 Å². The van der Waals surface area contributed by atoms with Crippen LogP contribution in [0.15, 0.2) is 170 Å². The number of nitrogens with zero attached hydrogens (tertiary/aromatic N) is 6. The van der Waals surface area contributed by atoms with Crippen molar-refractivity contribution in [3.63, 3.8) is 0 Å². The second-order valence-corrected chi connectivity index (χ2v) is 14.2. The second-order valence-electron chi connectivity index (χ2n) is 13.1. The van der Waals surface area contributed by atoms with E-state index in [1.807, 2.05) is 53.8 Å². The van der Waals surface area contributed by atoms with Crippen LogP contribution in [0.5, 0.6) is 0 Å². The fourth-order valence-electron chi connectivity index (χ4n) is 7.57. The molecule has 0 atom stereocenters. The predicted octanol–water partition coefficient (Wildman–Crippen LogP) is 11.7. The van der Waals surface area contributed by atoms with Crippen LogP contribution in [0.2, 0.25) is 0 Å². The molecular weight excluding hydrogens is 669 g/mol. The van der Waals surface area contributed by atoms with Crippen molar-refractivity contribution in [1.29, 1.82) is 0 Å². The molecule has 248 valence electrons. The van der Waals surface area contributed by atoms with E-state index in [0.717, 1.165) is 61.0 Å². The normalized spacial score (nSPS) is 11.8. The maximum Gasteiger partial charge on any atom is 0.238 e. The van der Waals surface area contributed by atoms with Crippen LogP contribution in [-0.4, -0.2) is 29.1 Å². The standard InChI is InChI=1S/C46H28N6S/c1-5-15-29(16-6-1)43-48-44(30-17-7-2-8-18-30)50-46(49-43)52-38-28-37-39(51(32-21-11-4-12-22-32)45(47-37)31-19-9-3-10-20-31)27-36(38)34-25-26-35-33-23-13-14-24-40(33)53-42(35)41(34)52/h1-28H. The predicted molar refractivity (Wildman–Crippen MR) is 218 cm³/mol. The third-order valence-corrected chi connectivity index (χ3v) is 11.2. The van der Waals surface area contributed by atoms with Crippen molar-refractivity contribution >= 4 is 64.3 Å². The van der Waals surface area contributed by atoms with E-state index >= 15 is 0 Å². The average Bonchev–Trinajstić information content (AvgIpc) is 3.90. The highest BCUT2D eigenvalue weighted by Crippen LogP contribution is 2.44. The van der Waals surface area contributed by atoms with Gasteiger partial charge in [-0.2, -0.15) is 9.97 Å². The highest BCUT2D eigenvalue weighted by atomic mass is 32.1. The fourth-order valence-corrected chi connectivity index (χ4v) is 8.81. The molecule has 0 bridgehead atoms. The molecule has 0 spiro atoms. The molecule has 4 aromatic heterocycles. The number of benzene rings is 7. The highest BCUT2D eigenvalue weighted by Gasteiger charge is 2.24. The van der Waals surface area contributed by atoms with Crippen LogP contribution >= 0.6 is 11.3 Å². The van der Waals surface area contributed by atoms with E-state index in [-0.39, 0.29) is 0 Å². The number of hydrogen-bond donors (Lipinski definition) is 0. The van der Waals surface area contributed by atoms with Gasteiger partial charge in [0.1, 0.15) is 5.82 Å². The van der Waals surface area contributed by atoms with Crippen LogP contribution in [0.25, 0.3) is 98.8 Å². The van der Waals surface area contributed by atoms with E-state index in [1.165, 1.54) is 20.2 Å². The van der Waals surface area contributed by atoms with E-state index in [0.29, 0.717) is 17.6 Å². The van der Waals surface area contributed by atoms with Gasteiger partial charge in [0, 0.05) is 48.6 Å². The molecule has 4 heterocycles. The molecule has 0 N–H and O–H groups in total. The highest BCUT2D eigenvalue weighted by molar-refractivity contribution is 7.26. The smallest absolute Gasteiger partial charge is 0.238 e. The zero-order chi connectivity index (χ0) is 34.9. The lowest BCUT2D eigenvalue weighted by atomic mass is 10.1. The summed E-state index contributed by atoms with van der Waals surface area (Å²) in [6.45, 7) is 0. The van der Waals surface area contributed by atoms with Crippen LogP contribution in [0.4, 0.5) is 0 Å². The summed E-state index contributed by atoms with van der Waals surface area (Å²) in [7, 11) is 0. The summed E-state index contributed by atoms with van der Waals surface area (Å²) in [6.07, 6.45) is 0. The summed E-state index contributed by atoms with van der Waals surface area (Å²) in [6, 6.07) is 58.9. The van der Waals surface area contributed by atoms with Gasteiger partial charge in [0.05, 0.1) is 26.8 Å². The first-order valence-corrected chi connectivity index (χ1v) is 18.4. The minimum absolute atomic E-state index is 0.563. The van der Waals surface area contributed by atoms with Crippen molar-refractivity contribution in [2.45, 2.75) is 0 Å². The fraction of sp³-hybridized carbons (Fsp3) is 0. The number of rotatable bonds is 5. The van der Waals surface area contributed by atoms with Crippen LogP contribution in [0, 0.1) is 0 Å². The van der Waals surface area contributed by atoms with E-state index in [4.69, 9.17) is 19.9 Å². The van der Waals surface area contributed by atoms with Crippen molar-refractivity contribution in [2.75, 3.05) is 0 Å². The van der Waals surface area contributed by atoms with Gasteiger partial charge < -0.3 is 0 Å². The molecule has 0 saturated carbocycles. The molecule has 0 amide bonds. The first-order valence-electron chi connectivity index (χ1n) is 17.6. The summed E-state index contributed by atoms with van der Waals surface area (Å²) in [5, 5.41) is 4.69. The lowest BCUT2D eigenvalue weighted by molar-refractivity contribution is 0.955. The molecule has 53 heavy (non-hydrogen) atoms. The van der Waals surface area contributed by atoms with E-state index in [9.17, 15) is 0 Å². The molecule has 0 aliphatic rings. The van der Waals surface area contributed by atoms with Gasteiger partial charge in [0.25, 0.3) is 0 Å². The van der Waals surface area contributed by atoms with Gasteiger partial charge in [0.15, 0.2) is 11.6 Å². The number of imidazole rings is 1. The van der Waals surface area contributed by atoms with Gasteiger partial charge in [-0.25, -0.2) is 9.97 Å². The Morgan fingerprint density at radius 1 is 0.415 bits per heavy atom. The summed E-state index contributed by atoms with van der Waals surface area (Å²) < 4.78 is 6.95. The van der Waals surface area contributed by atoms with Crippen molar-refractivity contribution in [3.8, 4) is 45.8 Å². The van der Waals surface area contributed by atoms with Gasteiger partial charge >= 0.3 is 0 Å². The topological polar surface area (TPSA) is 61.4 Å². The quantitative estimate of drug-likeness (QED) is 0.180. The lowest BCUT2D eigenvalue weighted by Crippen LogP contribution is -2.06. The van der Waals surface area contributed by atoms with E-state index < -0.39 is 0 Å². The van der Waals surface area contributed by atoms with Gasteiger partial charge in [-0.3, -0.25) is 9.13 Å². The molecule has 0 fully saturated rings. The molecule has 0 unspecified atom stereocenters. The molecule has 11 rings (SSSR count). The zero-order valence-corrected chi connectivity index (χ0v) is 29.1. The van der Waals surface area contributed by atoms with Crippen molar-refractivity contribution < 1.29 is 0 Å². The Hall–Kier alpha value is -6.96. The van der Waals surface area contributed by atoms with Gasteiger partial charge in [-0.15, -0.1) is 11.3 Å². The molecule has 0 radical (unpaired) electrons. The Bertz CT molecular complexity index is 3090. The molecule has 0 aliphatic heterocycles. The van der Waals surface area contributed by atoms with Gasteiger partial charge in [-0.05, 0) is 30.3 Å². The van der Waals surface area contributed by atoms with E-state index in [2.05, 4.69) is 137 Å². The first-order chi connectivity index (χ1) is 26.3. The van der Waals surface area contributed by atoms with Crippen LogP contribution in [-0.2, 0) is 0 Å². The van der Waals surface area contributed by atoms with Crippen LogP contribution in [0.3, 0.4) is 0 Å². The second kappa shape index (κ2) is 11.8. The average molecular weight is 697 g/mol. The summed E-state index contributed by atoms with van der Waals surface area (Å²) in [5.74, 6) is 2.69. The maximum absolute atomic E-state index is 5.34. The summed E-state index contributed by atoms with van der Waals surface area (Å²) in [4.78, 5) is 20.9. The lowest BCUT2D eigenvalue weighted by Gasteiger charge is -2.11. The number of aromatic nitrogens is 6. The Balaban J connectivity index is 1.30. The van der Waals surface area contributed by atoms with Crippen LogP contribution < -0.4 is 0 Å². The molecule has 7 heteroatoms. The monoisotopic (exact) mass is 696 g/mol. The van der Waals surface area contributed by atoms with Crippen molar-refractivity contribution in [3.05, 3.63) is 170 Å². The third kappa shape index (κ3) is 4.71. The SMILES string of the molecule is c1ccc(-c2nc(-c3ccccc3)nc(-n3c4cc5nc(-c6ccccc6)n(-c6ccccc6)c5cc4c4ccc5c6ccccc6sc5c43)n2)cc1. The Kier molecular flexibility index (Phi) is 6.62. The largest absolute Gasteiger partial charge is 0.292 e. The molecule has 7 aromatic carbocycles. The maximum atomic E-state index is 5.34. The Morgan fingerprint density at radius 2 is 1.00 bits per heavy atom. The number of hydrogen-bond acceptors (Lipinski definition) is 5. The molecule has 11 aromatic rings. The minimum atomic E-state index is 0.563. The number of para-hydroxylation sites is 1. The van der Waals surface area contributed by atoms with E-state index in [1.54, 1.807) is 0 Å². The Morgan fingerprint density at radius 3 is 1.68 bits per heavy atom.